The molecule has 32 heavy (non-hydrogen) atoms. The van der Waals surface area contributed by atoms with Crippen molar-refractivity contribution in [3.05, 3.63) is 84.2 Å². The van der Waals surface area contributed by atoms with Crippen LogP contribution >= 0.6 is 11.8 Å². The molecule has 4 aromatic rings. The van der Waals surface area contributed by atoms with Crippen molar-refractivity contribution in [2.24, 2.45) is 0 Å². The molecule has 0 aliphatic rings. The van der Waals surface area contributed by atoms with Gasteiger partial charge < -0.3 is 5.32 Å². The minimum atomic E-state index is -1.02. The fourth-order valence-corrected chi connectivity index (χ4v) is 3.96. The van der Waals surface area contributed by atoms with Gasteiger partial charge in [0.15, 0.2) is 22.6 Å². The van der Waals surface area contributed by atoms with Gasteiger partial charge in [0, 0.05) is 29.7 Å². The Hall–Kier alpha value is -3.59. The summed E-state index contributed by atoms with van der Waals surface area (Å²) in [7, 11) is 0. The lowest BCUT2D eigenvalue weighted by molar-refractivity contribution is -0.115. The van der Waals surface area contributed by atoms with Crippen LogP contribution in [-0.4, -0.2) is 30.9 Å². The molecule has 0 saturated carbocycles. The zero-order valence-electron chi connectivity index (χ0n) is 17.3. The van der Waals surface area contributed by atoms with Crippen LogP contribution < -0.4 is 5.32 Å². The molecule has 0 fully saturated rings. The number of thioether (sulfide) groups is 1. The number of hydrogen-bond acceptors (Lipinski definition) is 5. The number of nitrogens with zero attached hydrogens (tertiary/aromatic N) is 4. The lowest BCUT2D eigenvalue weighted by Crippen LogP contribution is -2.23. The van der Waals surface area contributed by atoms with Crippen molar-refractivity contribution >= 4 is 23.4 Å². The van der Waals surface area contributed by atoms with Gasteiger partial charge in [0.05, 0.1) is 10.9 Å². The number of para-hydroxylation sites is 1. The van der Waals surface area contributed by atoms with Crippen molar-refractivity contribution in [1.82, 2.24) is 19.7 Å². The van der Waals surface area contributed by atoms with Gasteiger partial charge in [0.2, 0.25) is 5.91 Å². The normalized spacial score (nSPS) is 11.9. The second kappa shape index (κ2) is 9.27. The number of pyridine rings is 1. The Labute approximate surface area is 187 Å². The number of benzene rings is 2. The summed E-state index contributed by atoms with van der Waals surface area (Å²) in [5.41, 5.74) is 2.92. The van der Waals surface area contributed by atoms with E-state index in [2.05, 4.69) is 20.5 Å². The van der Waals surface area contributed by atoms with Crippen molar-refractivity contribution in [2.45, 2.75) is 24.3 Å². The van der Waals surface area contributed by atoms with Gasteiger partial charge in [-0.2, -0.15) is 0 Å². The van der Waals surface area contributed by atoms with Gasteiger partial charge in [0.25, 0.3) is 0 Å². The largest absolute Gasteiger partial charge is 0.325 e. The van der Waals surface area contributed by atoms with E-state index < -0.39 is 16.9 Å². The first-order valence-electron chi connectivity index (χ1n) is 9.78. The highest BCUT2D eigenvalue weighted by atomic mass is 32.2. The fourth-order valence-electron chi connectivity index (χ4n) is 3.10. The number of nitrogens with one attached hydrogen (secondary N) is 1. The maximum atomic E-state index is 13.5. The minimum absolute atomic E-state index is 0.180. The molecule has 0 bridgehead atoms. The molecule has 9 heteroatoms. The van der Waals surface area contributed by atoms with Gasteiger partial charge in [-0.25, -0.2) is 8.78 Å². The lowest BCUT2D eigenvalue weighted by Gasteiger charge is -2.15. The second-order valence-corrected chi connectivity index (χ2v) is 8.35. The molecule has 2 aromatic carbocycles. The van der Waals surface area contributed by atoms with Crippen LogP contribution in [0.3, 0.4) is 0 Å². The first kappa shape index (κ1) is 21.6. The van der Waals surface area contributed by atoms with Crippen LogP contribution in [0.1, 0.15) is 12.5 Å². The first-order valence-corrected chi connectivity index (χ1v) is 10.7. The van der Waals surface area contributed by atoms with Crippen LogP contribution in [0, 0.1) is 18.6 Å². The number of carbonyl (C=O) groups excluding carboxylic acids is 1. The molecule has 4 rings (SSSR count). The average molecular weight is 452 g/mol. The van der Waals surface area contributed by atoms with E-state index in [1.165, 1.54) is 17.8 Å². The Kier molecular flexibility index (Phi) is 6.27. The zero-order valence-corrected chi connectivity index (χ0v) is 18.1. The Bertz CT molecular complexity index is 1260. The van der Waals surface area contributed by atoms with Crippen LogP contribution in [-0.2, 0) is 4.79 Å². The van der Waals surface area contributed by atoms with E-state index in [0.29, 0.717) is 11.0 Å². The molecule has 2 aromatic heterocycles. The summed E-state index contributed by atoms with van der Waals surface area (Å²) in [6, 6.07) is 14.7. The molecule has 2 heterocycles. The van der Waals surface area contributed by atoms with Crippen molar-refractivity contribution in [2.75, 3.05) is 5.32 Å². The molecule has 0 spiro atoms. The predicted molar refractivity (Wildman–Crippen MR) is 120 cm³/mol. The van der Waals surface area contributed by atoms with Crippen LogP contribution in [0.25, 0.3) is 17.1 Å². The molecule has 6 nitrogen and oxygen atoms in total. The van der Waals surface area contributed by atoms with Gasteiger partial charge in [-0.1, -0.05) is 30.0 Å². The third kappa shape index (κ3) is 4.52. The molecule has 1 atom stereocenters. The molecular weight excluding hydrogens is 432 g/mol. The van der Waals surface area contributed by atoms with E-state index in [0.717, 1.165) is 28.9 Å². The molecule has 1 amide bonds. The van der Waals surface area contributed by atoms with E-state index in [4.69, 9.17) is 0 Å². The van der Waals surface area contributed by atoms with E-state index in [9.17, 15) is 13.6 Å². The molecule has 162 valence electrons. The van der Waals surface area contributed by atoms with E-state index in [1.807, 2.05) is 47.9 Å². The SMILES string of the molecule is Cc1ccccc1-n1c(SC(C)C(=O)Nc2ccc(F)c(F)c2)nnc1-c1ccncc1. The molecule has 0 saturated heterocycles. The highest BCUT2D eigenvalue weighted by molar-refractivity contribution is 8.00. The van der Waals surface area contributed by atoms with Crippen LogP contribution in [0.2, 0.25) is 0 Å². The monoisotopic (exact) mass is 451 g/mol. The summed E-state index contributed by atoms with van der Waals surface area (Å²) in [5, 5.41) is 11.2. The summed E-state index contributed by atoms with van der Waals surface area (Å²) in [6.45, 7) is 3.70. The number of anilines is 1. The van der Waals surface area contributed by atoms with Crippen LogP contribution in [0.5, 0.6) is 0 Å². The lowest BCUT2D eigenvalue weighted by atomic mass is 10.2. The summed E-state index contributed by atoms with van der Waals surface area (Å²) >= 11 is 1.22. The summed E-state index contributed by atoms with van der Waals surface area (Å²) in [6.07, 6.45) is 3.35. The average Bonchev–Trinajstić information content (AvgIpc) is 3.20. The molecule has 0 aliphatic heterocycles. The maximum absolute atomic E-state index is 13.5. The number of hydrogen-bond donors (Lipinski definition) is 1. The Morgan fingerprint density at radius 3 is 2.50 bits per heavy atom. The summed E-state index contributed by atoms with van der Waals surface area (Å²) in [4.78, 5) is 16.7. The highest BCUT2D eigenvalue weighted by Crippen LogP contribution is 2.31. The molecular formula is C23H19F2N5OS. The number of rotatable bonds is 6. The maximum Gasteiger partial charge on any atom is 0.237 e. The van der Waals surface area contributed by atoms with E-state index in [-0.39, 0.29) is 11.6 Å². The van der Waals surface area contributed by atoms with Crippen molar-refractivity contribution in [3.63, 3.8) is 0 Å². The zero-order chi connectivity index (χ0) is 22.7. The topological polar surface area (TPSA) is 72.7 Å². The first-order chi connectivity index (χ1) is 15.4. The van der Waals surface area contributed by atoms with Crippen LogP contribution in [0.15, 0.2) is 72.1 Å². The predicted octanol–water partition coefficient (Wildman–Crippen LogP) is 5.04. The van der Waals surface area contributed by atoms with Crippen molar-refractivity contribution in [3.8, 4) is 17.1 Å². The molecule has 0 radical (unpaired) electrons. The Balaban J connectivity index is 1.64. The number of carbonyl (C=O) groups is 1. The minimum Gasteiger partial charge on any atom is -0.325 e. The summed E-state index contributed by atoms with van der Waals surface area (Å²) < 4.78 is 28.5. The van der Waals surface area contributed by atoms with Crippen molar-refractivity contribution in [1.29, 1.82) is 0 Å². The van der Waals surface area contributed by atoms with Crippen molar-refractivity contribution < 1.29 is 13.6 Å². The van der Waals surface area contributed by atoms with E-state index in [1.54, 1.807) is 19.3 Å². The van der Waals surface area contributed by atoms with Gasteiger partial charge in [-0.05, 0) is 49.7 Å². The fraction of sp³-hybridized carbons (Fsp3) is 0.130. The van der Waals surface area contributed by atoms with Crippen LogP contribution in [0.4, 0.5) is 14.5 Å². The van der Waals surface area contributed by atoms with Gasteiger partial charge in [-0.15, -0.1) is 10.2 Å². The number of amides is 1. The quantitative estimate of drug-likeness (QED) is 0.416. The number of aryl methyl sites for hydroxylation is 1. The second-order valence-electron chi connectivity index (χ2n) is 7.04. The Morgan fingerprint density at radius 2 is 1.78 bits per heavy atom. The molecule has 0 aliphatic carbocycles. The smallest absolute Gasteiger partial charge is 0.237 e. The number of aromatic nitrogens is 4. The highest BCUT2D eigenvalue weighted by Gasteiger charge is 2.23. The molecule has 1 N–H and O–H groups in total. The van der Waals surface area contributed by atoms with Gasteiger partial charge >= 0.3 is 0 Å². The Morgan fingerprint density at radius 1 is 1.03 bits per heavy atom. The van der Waals surface area contributed by atoms with Gasteiger partial charge in [-0.3, -0.25) is 14.3 Å². The summed E-state index contributed by atoms with van der Waals surface area (Å²) in [5.74, 6) is -1.74. The number of halogens is 2. The third-order valence-corrected chi connectivity index (χ3v) is 5.81. The van der Waals surface area contributed by atoms with E-state index >= 15 is 0 Å². The van der Waals surface area contributed by atoms with Gasteiger partial charge in [0.1, 0.15) is 0 Å². The third-order valence-electron chi connectivity index (χ3n) is 4.77. The molecule has 1 unspecified atom stereocenters. The standard InChI is InChI=1S/C23H19F2N5OS/c1-14-5-3-4-6-20(14)30-21(16-9-11-26-12-10-16)28-29-23(30)32-15(2)22(31)27-17-7-8-18(24)19(25)13-17/h3-13,15H,1-2H3,(H,27,31).